The van der Waals surface area contributed by atoms with Gasteiger partial charge in [-0.25, -0.2) is 0 Å². The van der Waals surface area contributed by atoms with Gasteiger partial charge in [0.05, 0.1) is 4.88 Å². The summed E-state index contributed by atoms with van der Waals surface area (Å²) in [4.78, 5) is 5.47. The van der Waals surface area contributed by atoms with Crippen LogP contribution >= 0.6 is 23.7 Å². The summed E-state index contributed by atoms with van der Waals surface area (Å²) in [7, 11) is 0. The molecule has 0 aromatic carbocycles. The van der Waals surface area contributed by atoms with Crippen molar-refractivity contribution in [2.24, 2.45) is 0 Å². The predicted molar refractivity (Wildman–Crippen MR) is 65.1 cm³/mol. The quantitative estimate of drug-likeness (QED) is 0.897. The normalized spacial score (nSPS) is 19.6. The second-order valence-electron chi connectivity index (χ2n) is 3.62. The van der Waals surface area contributed by atoms with Crippen LogP contribution in [0.2, 0.25) is 0 Å². The van der Waals surface area contributed by atoms with Gasteiger partial charge in [-0.3, -0.25) is 0 Å². The van der Waals surface area contributed by atoms with Gasteiger partial charge in [-0.05, 0) is 24.4 Å². The lowest BCUT2D eigenvalue weighted by molar-refractivity contribution is 0.418. The molecule has 0 saturated carbocycles. The van der Waals surface area contributed by atoms with E-state index in [1.54, 1.807) is 11.3 Å². The van der Waals surface area contributed by atoms with E-state index in [4.69, 9.17) is 4.52 Å². The minimum absolute atomic E-state index is 0. The van der Waals surface area contributed by atoms with Crippen molar-refractivity contribution in [1.82, 2.24) is 15.5 Å². The van der Waals surface area contributed by atoms with E-state index in [9.17, 15) is 0 Å². The first kappa shape index (κ1) is 11.6. The van der Waals surface area contributed by atoms with E-state index in [1.807, 2.05) is 17.5 Å². The number of hydrogen-bond acceptors (Lipinski definition) is 5. The van der Waals surface area contributed by atoms with Crippen molar-refractivity contribution >= 4 is 23.7 Å². The van der Waals surface area contributed by atoms with Crippen molar-refractivity contribution < 1.29 is 4.52 Å². The third kappa shape index (κ3) is 2.11. The lowest BCUT2D eigenvalue weighted by atomic mass is 10.1. The Morgan fingerprint density at radius 3 is 3.12 bits per heavy atom. The van der Waals surface area contributed by atoms with Crippen LogP contribution in [-0.4, -0.2) is 23.2 Å². The van der Waals surface area contributed by atoms with Gasteiger partial charge in [0.15, 0.2) is 5.82 Å². The topological polar surface area (TPSA) is 51.0 Å². The molecule has 2 aromatic heterocycles. The first-order chi connectivity index (χ1) is 7.43. The molecule has 16 heavy (non-hydrogen) atoms. The van der Waals surface area contributed by atoms with Crippen molar-refractivity contribution in [2.75, 3.05) is 13.1 Å². The molecule has 1 aliphatic heterocycles. The average molecular weight is 258 g/mol. The first-order valence-corrected chi connectivity index (χ1v) is 5.89. The molecule has 1 unspecified atom stereocenters. The van der Waals surface area contributed by atoms with Gasteiger partial charge < -0.3 is 9.84 Å². The zero-order valence-corrected chi connectivity index (χ0v) is 10.2. The minimum atomic E-state index is 0. The highest BCUT2D eigenvalue weighted by Gasteiger charge is 2.22. The number of nitrogens with one attached hydrogen (secondary N) is 1. The monoisotopic (exact) mass is 257 g/mol. The van der Waals surface area contributed by atoms with Crippen LogP contribution in [0.4, 0.5) is 0 Å². The molecule has 0 radical (unpaired) electrons. The van der Waals surface area contributed by atoms with Gasteiger partial charge >= 0.3 is 0 Å². The fraction of sp³-hybridized carbons (Fsp3) is 0.400. The van der Waals surface area contributed by atoms with Gasteiger partial charge in [-0.15, -0.1) is 23.7 Å². The standard InChI is InChI=1S/C10H11N3OS.ClH/c1-2-8(15-5-1)10-12-9(13-14-10)7-3-4-11-6-7;/h1-2,5,7,11H,3-4,6H2;1H. The second kappa shape index (κ2) is 4.95. The fourth-order valence-electron chi connectivity index (χ4n) is 1.78. The number of nitrogens with zero attached hydrogens (tertiary/aromatic N) is 2. The number of aromatic nitrogens is 2. The molecule has 0 aliphatic carbocycles. The van der Waals surface area contributed by atoms with Gasteiger partial charge in [0.25, 0.3) is 5.89 Å². The van der Waals surface area contributed by atoms with Crippen molar-refractivity contribution in [2.45, 2.75) is 12.3 Å². The average Bonchev–Trinajstić information content (AvgIpc) is 3.02. The maximum Gasteiger partial charge on any atom is 0.267 e. The number of thiophene rings is 1. The van der Waals surface area contributed by atoms with Crippen molar-refractivity contribution in [3.8, 4) is 10.8 Å². The van der Waals surface area contributed by atoms with Crippen LogP contribution in [0.1, 0.15) is 18.2 Å². The molecule has 1 fully saturated rings. The van der Waals surface area contributed by atoms with Crippen molar-refractivity contribution in [3.05, 3.63) is 23.3 Å². The largest absolute Gasteiger partial charge is 0.333 e. The Morgan fingerprint density at radius 2 is 2.44 bits per heavy atom. The molecular formula is C10H12ClN3OS. The van der Waals surface area contributed by atoms with Crippen LogP contribution in [0, 0.1) is 0 Å². The van der Waals surface area contributed by atoms with Crippen LogP contribution in [0.25, 0.3) is 10.8 Å². The number of halogens is 1. The first-order valence-electron chi connectivity index (χ1n) is 5.01. The zero-order chi connectivity index (χ0) is 10.1. The summed E-state index contributed by atoms with van der Waals surface area (Å²) < 4.78 is 5.24. The number of hydrogen-bond donors (Lipinski definition) is 1. The molecule has 0 bridgehead atoms. The van der Waals surface area contributed by atoms with E-state index in [2.05, 4.69) is 15.5 Å². The van der Waals surface area contributed by atoms with Crippen LogP contribution in [0.3, 0.4) is 0 Å². The molecule has 1 N–H and O–H groups in total. The molecule has 1 aliphatic rings. The van der Waals surface area contributed by atoms with Crippen LogP contribution in [-0.2, 0) is 0 Å². The van der Waals surface area contributed by atoms with Gasteiger partial charge in [-0.1, -0.05) is 11.2 Å². The Balaban J connectivity index is 0.000000963. The highest BCUT2D eigenvalue weighted by atomic mass is 35.5. The third-order valence-corrected chi connectivity index (χ3v) is 3.46. The van der Waals surface area contributed by atoms with Gasteiger partial charge in [0.1, 0.15) is 0 Å². The SMILES string of the molecule is Cl.c1csc(-c2nc(C3CCNC3)no2)c1. The Morgan fingerprint density at radius 1 is 1.50 bits per heavy atom. The summed E-state index contributed by atoms with van der Waals surface area (Å²) in [5.74, 6) is 1.90. The van der Waals surface area contributed by atoms with Crippen LogP contribution < -0.4 is 5.32 Å². The Hall–Kier alpha value is -0.910. The molecule has 6 heteroatoms. The molecule has 3 heterocycles. The second-order valence-corrected chi connectivity index (χ2v) is 4.57. The summed E-state index contributed by atoms with van der Waals surface area (Å²) in [6, 6.07) is 3.98. The molecule has 4 nitrogen and oxygen atoms in total. The smallest absolute Gasteiger partial charge is 0.267 e. The van der Waals surface area contributed by atoms with E-state index in [1.165, 1.54) is 0 Å². The highest BCUT2D eigenvalue weighted by molar-refractivity contribution is 7.13. The molecule has 0 spiro atoms. The van der Waals surface area contributed by atoms with Crippen molar-refractivity contribution in [3.63, 3.8) is 0 Å². The summed E-state index contributed by atoms with van der Waals surface area (Å²) in [6.45, 7) is 2.01. The van der Waals surface area contributed by atoms with E-state index < -0.39 is 0 Å². The molecule has 0 amide bonds. The summed E-state index contributed by atoms with van der Waals surface area (Å²) in [6.07, 6.45) is 1.10. The summed E-state index contributed by atoms with van der Waals surface area (Å²) >= 11 is 1.62. The molecule has 1 saturated heterocycles. The molecule has 1 atom stereocenters. The summed E-state index contributed by atoms with van der Waals surface area (Å²) in [5, 5.41) is 9.34. The molecule has 3 rings (SSSR count). The Kier molecular flexibility index (Phi) is 3.58. The minimum Gasteiger partial charge on any atom is -0.333 e. The van der Waals surface area contributed by atoms with Gasteiger partial charge in [-0.2, -0.15) is 4.98 Å². The molecule has 2 aromatic rings. The fourth-order valence-corrected chi connectivity index (χ4v) is 2.42. The Bertz CT molecular complexity index is 437. The van der Waals surface area contributed by atoms with Crippen molar-refractivity contribution in [1.29, 1.82) is 0 Å². The van der Waals surface area contributed by atoms with E-state index in [0.29, 0.717) is 11.8 Å². The maximum absolute atomic E-state index is 5.24. The molecular weight excluding hydrogens is 246 g/mol. The third-order valence-electron chi connectivity index (χ3n) is 2.60. The summed E-state index contributed by atoms with van der Waals surface area (Å²) in [5.41, 5.74) is 0. The predicted octanol–water partition coefficient (Wildman–Crippen LogP) is 2.30. The zero-order valence-electron chi connectivity index (χ0n) is 8.55. The molecule has 86 valence electrons. The highest BCUT2D eigenvalue weighted by Crippen LogP contribution is 2.26. The van der Waals surface area contributed by atoms with Crippen LogP contribution in [0.5, 0.6) is 0 Å². The maximum atomic E-state index is 5.24. The van der Waals surface area contributed by atoms with E-state index >= 15 is 0 Å². The van der Waals surface area contributed by atoms with Gasteiger partial charge in [0, 0.05) is 12.5 Å². The van der Waals surface area contributed by atoms with E-state index in [0.717, 1.165) is 30.2 Å². The lowest BCUT2D eigenvalue weighted by Crippen LogP contribution is -2.08. The Labute approximate surface area is 103 Å². The number of rotatable bonds is 2. The van der Waals surface area contributed by atoms with E-state index in [-0.39, 0.29) is 12.4 Å². The lowest BCUT2D eigenvalue weighted by Gasteiger charge is -1.98. The van der Waals surface area contributed by atoms with Gasteiger partial charge in [0.2, 0.25) is 0 Å². The van der Waals surface area contributed by atoms with Crippen LogP contribution in [0.15, 0.2) is 22.0 Å².